The number of benzene rings is 2. The van der Waals surface area contributed by atoms with Gasteiger partial charge >= 0.3 is 0 Å². The van der Waals surface area contributed by atoms with E-state index < -0.39 is 5.91 Å². The van der Waals surface area contributed by atoms with Crippen LogP contribution >= 0.6 is 0 Å². The molecular formula is C21H22N4O4. The summed E-state index contributed by atoms with van der Waals surface area (Å²) in [5.41, 5.74) is 4.77. The zero-order chi connectivity index (χ0) is 20.6. The second-order valence-electron chi connectivity index (χ2n) is 5.96. The number of hydrogen-bond acceptors (Lipinski definition) is 6. The predicted molar refractivity (Wildman–Crippen MR) is 110 cm³/mol. The van der Waals surface area contributed by atoms with Crippen molar-refractivity contribution in [3.63, 3.8) is 0 Å². The zero-order valence-electron chi connectivity index (χ0n) is 16.2. The van der Waals surface area contributed by atoms with Crippen molar-refractivity contribution in [2.75, 3.05) is 13.2 Å². The molecule has 3 aromatic rings. The first-order valence-corrected chi connectivity index (χ1v) is 9.19. The molecule has 8 nitrogen and oxygen atoms in total. The number of amides is 1. The van der Waals surface area contributed by atoms with Crippen LogP contribution in [0.1, 0.15) is 29.9 Å². The van der Waals surface area contributed by atoms with Gasteiger partial charge in [-0.15, -0.1) is 0 Å². The summed E-state index contributed by atoms with van der Waals surface area (Å²) in [6, 6.07) is 13.9. The van der Waals surface area contributed by atoms with Crippen LogP contribution in [0.3, 0.4) is 0 Å². The van der Waals surface area contributed by atoms with E-state index in [1.54, 1.807) is 18.2 Å². The lowest BCUT2D eigenvalue weighted by molar-refractivity contribution is 0.0950. The Bertz CT molecular complexity index is 1010. The molecule has 0 aliphatic rings. The molecule has 1 heterocycles. The van der Waals surface area contributed by atoms with Crippen LogP contribution in [-0.4, -0.2) is 40.6 Å². The monoisotopic (exact) mass is 394 g/mol. The molecule has 1 amide bonds. The summed E-state index contributed by atoms with van der Waals surface area (Å²) in [5.74, 6) is 0.668. The number of nitrogens with zero attached hydrogens (tertiary/aromatic N) is 2. The summed E-state index contributed by atoms with van der Waals surface area (Å²) >= 11 is 0. The van der Waals surface area contributed by atoms with E-state index in [9.17, 15) is 9.90 Å². The van der Waals surface area contributed by atoms with Crippen molar-refractivity contribution < 1.29 is 19.4 Å². The summed E-state index contributed by atoms with van der Waals surface area (Å²) in [5, 5.41) is 20.6. The fourth-order valence-electron chi connectivity index (χ4n) is 2.64. The van der Waals surface area contributed by atoms with Crippen molar-refractivity contribution >= 4 is 12.1 Å². The summed E-state index contributed by atoms with van der Waals surface area (Å²) in [6.07, 6.45) is 1.46. The highest BCUT2D eigenvalue weighted by Crippen LogP contribution is 2.29. The molecule has 2 aromatic carbocycles. The number of phenolic OH excluding ortho intramolecular Hbond substituents is 1. The number of aromatic nitrogens is 2. The Morgan fingerprint density at radius 2 is 1.90 bits per heavy atom. The van der Waals surface area contributed by atoms with Crippen LogP contribution < -0.4 is 14.9 Å². The second-order valence-corrected chi connectivity index (χ2v) is 5.96. The van der Waals surface area contributed by atoms with Gasteiger partial charge in [0.1, 0.15) is 11.4 Å². The SMILES string of the molecule is CCOc1cc(C=NNC(=O)c2cc(-c3ccccc3OCC)n[nH]2)ccc1O. The number of ether oxygens (including phenoxy) is 2. The van der Waals surface area contributed by atoms with Crippen molar-refractivity contribution in [2.45, 2.75) is 13.8 Å². The van der Waals surface area contributed by atoms with Gasteiger partial charge in [-0.2, -0.15) is 10.2 Å². The first kappa shape index (κ1) is 19.9. The highest BCUT2D eigenvalue weighted by Gasteiger charge is 2.13. The number of aromatic amines is 1. The molecule has 0 fully saturated rings. The second kappa shape index (κ2) is 9.41. The highest BCUT2D eigenvalue weighted by atomic mass is 16.5. The third-order valence-corrected chi connectivity index (χ3v) is 3.95. The topological polar surface area (TPSA) is 109 Å². The molecule has 0 atom stereocenters. The Labute approximate surface area is 168 Å². The fraction of sp³-hybridized carbons (Fsp3) is 0.190. The van der Waals surface area contributed by atoms with Gasteiger partial charge in [0.25, 0.3) is 5.91 Å². The minimum atomic E-state index is -0.433. The maximum Gasteiger partial charge on any atom is 0.289 e. The van der Waals surface area contributed by atoms with Gasteiger partial charge in [-0.3, -0.25) is 9.89 Å². The van der Waals surface area contributed by atoms with Crippen LogP contribution in [0.15, 0.2) is 53.6 Å². The van der Waals surface area contributed by atoms with Crippen molar-refractivity contribution in [3.8, 4) is 28.5 Å². The minimum Gasteiger partial charge on any atom is -0.504 e. The van der Waals surface area contributed by atoms with Crippen LogP contribution in [-0.2, 0) is 0 Å². The fourth-order valence-corrected chi connectivity index (χ4v) is 2.64. The molecule has 0 radical (unpaired) electrons. The van der Waals surface area contributed by atoms with Crippen molar-refractivity contribution in [3.05, 3.63) is 59.8 Å². The van der Waals surface area contributed by atoms with Gasteiger partial charge in [-0.05, 0) is 55.8 Å². The molecule has 0 bridgehead atoms. The molecular weight excluding hydrogens is 372 g/mol. The van der Waals surface area contributed by atoms with E-state index in [2.05, 4.69) is 20.7 Å². The maximum absolute atomic E-state index is 12.3. The van der Waals surface area contributed by atoms with Crippen LogP contribution in [0.25, 0.3) is 11.3 Å². The number of aromatic hydroxyl groups is 1. The third kappa shape index (κ3) is 4.92. The van der Waals surface area contributed by atoms with Gasteiger partial charge in [0, 0.05) is 5.56 Å². The number of H-pyrrole nitrogens is 1. The van der Waals surface area contributed by atoms with E-state index in [0.717, 1.165) is 5.56 Å². The molecule has 0 saturated heterocycles. The van der Waals surface area contributed by atoms with E-state index in [1.165, 1.54) is 12.3 Å². The van der Waals surface area contributed by atoms with Crippen molar-refractivity contribution in [1.82, 2.24) is 15.6 Å². The number of phenols is 1. The first-order valence-electron chi connectivity index (χ1n) is 9.19. The molecule has 0 aliphatic carbocycles. The van der Waals surface area contributed by atoms with Gasteiger partial charge in [0.15, 0.2) is 11.5 Å². The molecule has 0 spiro atoms. The number of carbonyl (C=O) groups excluding carboxylic acids is 1. The lowest BCUT2D eigenvalue weighted by atomic mass is 10.1. The molecule has 150 valence electrons. The van der Waals surface area contributed by atoms with E-state index in [0.29, 0.717) is 36.0 Å². The van der Waals surface area contributed by atoms with Gasteiger partial charge in [0.05, 0.1) is 25.1 Å². The van der Waals surface area contributed by atoms with Crippen molar-refractivity contribution in [2.24, 2.45) is 5.10 Å². The number of carbonyl (C=O) groups is 1. The zero-order valence-corrected chi connectivity index (χ0v) is 16.2. The highest BCUT2D eigenvalue weighted by molar-refractivity contribution is 5.94. The summed E-state index contributed by atoms with van der Waals surface area (Å²) in [4.78, 5) is 12.3. The number of para-hydroxylation sites is 1. The predicted octanol–water partition coefficient (Wildman–Crippen LogP) is 3.34. The van der Waals surface area contributed by atoms with E-state index in [1.807, 2.05) is 38.1 Å². The lowest BCUT2D eigenvalue weighted by Crippen LogP contribution is -2.18. The van der Waals surface area contributed by atoms with Crippen LogP contribution in [0.5, 0.6) is 17.2 Å². The number of hydrogen-bond donors (Lipinski definition) is 3. The molecule has 1 aromatic heterocycles. The molecule has 0 saturated carbocycles. The Balaban J connectivity index is 1.68. The van der Waals surface area contributed by atoms with Crippen molar-refractivity contribution in [1.29, 1.82) is 0 Å². The third-order valence-electron chi connectivity index (χ3n) is 3.95. The van der Waals surface area contributed by atoms with E-state index in [4.69, 9.17) is 9.47 Å². The van der Waals surface area contributed by atoms with Crippen LogP contribution in [0.2, 0.25) is 0 Å². The molecule has 3 rings (SSSR count). The molecule has 29 heavy (non-hydrogen) atoms. The molecule has 3 N–H and O–H groups in total. The number of hydrazone groups is 1. The molecule has 8 heteroatoms. The first-order chi connectivity index (χ1) is 14.1. The number of rotatable bonds is 8. The molecule has 0 aliphatic heterocycles. The molecule has 0 unspecified atom stereocenters. The Morgan fingerprint density at radius 3 is 2.69 bits per heavy atom. The van der Waals surface area contributed by atoms with Gasteiger partial charge in [-0.1, -0.05) is 12.1 Å². The standard InChI is InChI=1S/C21H22N4O4/c1-3-28-19-8-6-5-7-15(19)16-12-17(24-23-16)21(27)25-22-13-14-9-10-18(26)20(11-14)29-4-2/h5-13,26H,3-4H2,1-2H3,(H,23,24)(H,25,27). The average molecular weight is 394 g/mol. The average Bonchev–Trinajstić information content (AvgIpc) is 3.21. The summed E-state index contributed by atoms with van der Waals surface area (Å²) < 4.78 is 10.9. The lowest BCUT2D eigenvalue weighted by Gasteiger charge is -2.07. The van der Waals surface area contributed by atoms with Crippen LogP contribution in [0, 0.1) is 0 Å². The normalized spacial score (nSPS) is 10.8. The minimum absolute atomic E-state index is 0.0466. The quantitative estimate of drug-likeness (QED) is 0.401. The summed E-state index contributed by atoms with van der Waals surface area (Å²) in [7, 11) is 0. The Hall–Kier alpha value is -3.81. The Morgan fingerprint density at radius 1 is 1.14 bits per heavy atom. The smallest absolute Gasteiger partial charge is 0.289 e. The van der Waals surface area contributed by atoms with Crippen LogP contribution in [0.4, 0.5) is 0 Å². The van der Waals surface area contributed by atoms with Gasteiger partial charge in [0.2, 0.25) is 0 Å². The Kier molecular flexibility index (Phi) is 6.47. The largest absolute Gasteiger partial charge is 0.504 e. The summed E-state index contributed by atoms with van der Waals surface area (Å²) in [6.45, 7) is 4.70. The van der Waals surface area contributed by atoms with E-state index in [-0.39, 0.29) is 11.4 Å². The number of nitrogens with one attached hydrogen (secondary N) is 2. The van der Waals surface area contributed by atoms with Gasteiger partial charge in [-0.25, -0.2) is 5.43 Å². The van der Waals surface area contributed by atoms with E-state index >= 15 is 0 Å². The van der Waals surface area contributed by atoms with Gasteiger partial charge < -0.3 is 14.6 Å². The maximum atomic E-state index is 12.3.